The Bertz CT molecular complexity index is 459. The van der Waals surface area contributed by atoms with Crippen LogP contribution in [0.4, 0.5) is 4.39 Å². The van der Waals surface area contributed by atoms with Crippen LogP contribution in [0.2, 0.25) is 5.02 Å². The lowest BCUT2D eigenvalue weighted by molar-refractivity contribution is 0.0939. The number of piperidine rings is 1. The number of hydrogen-bond acceptors (Lipinski definition) is 2. The molecule has 1 N–H and O–H groups in total. The lowest BCUT2D eigenvalue weighted by atomic mass is 9.97. The van der Waals surface area contributed by atoms with Crippen molar-refractivity contribution in [1.82, 2.24) is 10.2 Å². The van der Waals surface area contributed by atoms with Crippen molar-refractivity contribution >= 4 is 17.5 Å². The molecule has 1 saturated heterocycles. The van der Waals surface area contributed by atoms with Gasteiger partial charge in [-0.15, -0.1) is 0 Å². The summed E-state index contributed by atoms with van der Waals surface area (Å²) in [6, 6.07) is 3.82. The van der Waals surface area contributed by atoms with Gasteiger partial charge in [-0.05, 0) is 57.1 Å². The van der Waals surface area contributed by atoms with E-state index in [0.717, 1.165) is 32.0 Å². The van der Waals surface area contributed by atoms with Crippen LogP contribution in [-0.2, 0) is 0 Å². The van der Waals surface area contributed by atoms with Gasteiger partial charge in [0.2, 0.25) is 0 Å². The zero-order chi connectivity index (χ0) is 13.8. The average molecular weight is 285 g/mol. The first kappa shape index (κ1) is 14.3. The number of amides is 1. The number of halogens is 2. The third-order valence-corrected chi connectivity index (χ3v) is 3.88. The van der Waals surface area contributed by atoms with Gasteiger partial charge in [-0.3, -0.25) is 4.79 Å². The fourth-order valence-corrected chi connectivity index (χ4v) is 2.53. The summed E-state index contributed by atoms with van der Waals surface area (Å²) in [5, 5.41) is 3.03. The molecule has 1 aliphatic rings. The Kier molecular flexibility index (Phi) is 4.77. The molecule has 1 aliphatic heterocycles. The molecule has 1 heterocycles. The Morgan fingerprint density at radius 1 is 1.47 bits per heavy atom. The normalized spacial score (nSPS) is 17.4. The van der Waals surface area contributed by atoms with E-state index in [1.807, 2.05) is 0 Å². The summed E-state index contributed by atoms with van der Waals surface area (Å²) >= 11 is 5.86. The summed E-state index contributed by atoms with van der Waals surface area (Å²) in [5.41, 5.74) is 0.330. The van der Waals surface area contributed by atoms with Crippen LogP contribution in [0.5, 0.6) is 0 Å². The highest BCUT2D eigenvalue weighted by Crippen LogP contribution is 2.18. The van der Waals surface area contributed by atoms with Gasteiger partial charge >= 0.3 is 0 Å². The molecule has 0 unspecified atom stereocenters. The minimum Gasteiger partial charge on any atom is -0.352 e. The van der Waals surface area contributed by atoms with Crippen LogP contribution in [0.1, 0.15) is 23.2 Å². The molecular weight excluding hydrogens is 267 g/mol. The molecule has 0 aliphatic carbocycles. The number of nitrogens with zero attached hydrogens (tertiary/aromatic N) is 1. The molecule has 2 rings (SSSR count). The van der Waals surface area contributed by atoms with E-state index in [0.29, 0.717) is 18.0 Å². The molecule has 0 saturated carbocycles. The Morgan fingerprint density at radius 2 is 2.16 bits per heavy atom. The van der Waals surface area contributed by atoms with Gasteiger partial charge < -0.3 is 10.2 Å². The summed E-state index contributed by atoms with van der Waals surface area (Å²) in [6.07, 6.45) is 2.18. The van der Waals surface area contributed by atoms with Gasteiger partial charge in [0.05, 0.1) is 10.6 Å². The summed E-state index contributed by atoms with van der Waals surface area (Å²) in [6.45, 7) is 2.79. The highest BCUT2D eigenvalue weighted by Gasteiger charge is 2.18. The van der Waals surface area contributed by atoms with E-state index < -0.39 is 5.82 Å². The molecule has 3 nitrogen and oxygen atoms in total. The number of hydrogen-bond donors (Lipinski definition) is 1. The summed E-state index contributed by atoms with van der Waals surface area (Å²) < 4.78 is 12.9. The molecule has 0 aromatic heterocycles. The van der Waals surface area contributed by atoms with Gasteiger partial charge in [-0.2, -0.15) is 0 Å². The molecule has 1 aromatic rings. The van der Waals surface area contributed by atoms with Crippen molar-refractivity contribution in [2.45, 2.75) is 12.8 Å². The predicted octanol–water partition coefficient (Wildman–Crippen LogP) is 2.55. The number of carbonyl (C=O) groups excluding carboxylic acids is 1. The van der Waals surface area contributed by atoms with Gasteiger partial charge in [0.25, 0.3) is 5.91 Å². The number of benzene rings is 1. The first-order chi connectivity index (χ1) is 9.06. The zero-order valence-electron chi connectivity index (χ0n) is 11.0. The molecule has 0 atom stereocenters. The van der Waals surface area contributed by atoms with E-state index >= 15 is 0 Å². The highest BCUT2D eigenvalue weighted by atomic mass is 35.5. The van der Waals surface area contributed by atoms with Crippen molar-refractivity contribution in [3.05, 3.63) is 34.6 Å². The largest absolute Gasteiger partial charge is 0.352 e. The van der Waals surface area contributed by atoms with Crippen molar-refractivity contribution in [2.24, 2.45) is 5.92 Å². The average Bonchev–Trinajstić information content (AvgIpc) is 2.37. The van der Waals surface area contributed by atoms with Crippen molar-refractivity contribution in [1.29, 1.82) is 0 Å². The Hall–Kier alpha value is -1.13. The number of carbonyl (C=O) groups is 1. The molecule has 1 aromatic carbocycles. The minimum atomic E-state index is -0.433. The van der Waals surface area contributed by atoms with E-state index in [1.165, 1.54) is 12.1 Å². The second-order valence-electron chi connectivity index (χ2n) is 5.08. The standard InChI is InChI=1S/C14H18ClFN2O/c1-18-6-4-10(5-7-18)9-17-14(19)12-3-2-11(16)8-13(12)15/h2-3,8,10H,4-7,9H2,1H3,(H,17,19). The topological polar surface area (TPSA) is 32.3 Å². The maximum Gasteiger partial charge on any atom is 0.252 e. The van der Waals surface area contributed by atoms with Crippen molar-refractivity contribution in [3.8, 4) is 0 Å². The maximum absolute atomic E-state index is 12.9. The summed E-state index contributed by atoms with van der Waals surface area (Å²) in [5.74, 6) is -0.153. The lowest BCUT2D eigenvalue weighted by Gasteiger charge is -2.28. The molecular formula is C14H18ClFN2O. The first-order valence-corrected chi connectivity index (χ1v) is 6.86. The van der Waals surface area contributed by atoms with Crippen LogP contribution in [0.15, 0.2) is 18.2 Å². The van der Waals surface area contributed by atoms with Crippen LogP contribution in [0.3, 0.4) is 0 Å². The van der Waals surface area contributed by atoms with E-state index in [9.17, 15) is 9.18 Å². The molecule has 1 fully saturated rings. The van der Waals surface area contributed by atoms with Crippen LogP contribution < -0.4 is 5.32 Å². The Labute approximate surface area is 117 Å². The molecule has 0 spiro atoms. The molecule has 5 heteroatoms. The van der Waals surface area contributed by atoms with E-state index in [4.69, 9.17) is 11.6 Å². The minimum absolute atomic E-state index is 0.154. The maximum atomic E-state index is 12.9. The molecule has 19 heavy (non-hydrogen) atoms. The van der Waals surface area contributed by atoms with Crippen LogP contribution in [0.25, 0.3) is 0 Å². The first-order valence-electron chi connectivity index (χ1n) is 6.48. The molecule has 0 radical (unpaired) electrons. The smallest absolute Gasteiger partial charge is 0.252 e. The van der Waals surface area contributed by atoms with Gasteiger partial charge in [0, 0.05) is 6.54 Å². The van der Waals surface area contributed by atoms with Crippen LogP contribution >= 0.6 is 11.6 Å². The lowest BCUT2D eigenvalue weighted by Crippen LogP contribution is -2.36. The third kappa shape index (κ3) is 3.91. The predicted molar refractivity (Wildman–Crippen MR) is 74.0 cm³/mol. The van der Waals surface area contributed by atoms with Crippen molar-refractivity contribution < 1.29 is 9.18 Å². The Balaban J connectivity index is 1.87. The molecule has 0 bridgehead atoms. The fraction of sp³-hybridized carbons (Fsp3) is 0.500. The summed E-state index contributed by atoms with van der Waals surface area (Å²) in [7, 11) is 2.10. The summed E-state index contributed by atoms with van der Waals surface area (Å²) in [4.78, 5) is 14.2. The van der Waals surface area contributed by atoms with E-state index in [2.05, 4.69) is 17.3 Å². The van der Waals surface area contributed by atoms with E-state index in [1.54, 1.807) is 0 Å². The van der Waals surface area contributed by atoms with E-state index in [-0.39, 0.29) is 10.9 Å². The monoisotopic (exact) mass is 284 g/mol. The zero-order valence-corrected chi connectivity index (χ0v) is 11.7. The third-order valence-electron chi connectivity index (χ3n) is 3.57. The second-order valence-corrected chi connectivity index (χ2v) is 5.49. The molecule has 104 valence electrons. The number of nitrogens with one attached hydrogen (secondary N) is 1. The van der Waals surface area contributed by atoms with Gasteiger partial charge in [-0.25, -0.2) is 4.39 Å². The second kappa shape index (κ2) is 6.35. The fourth-order valence-electron chi connectivity index (χ4n) is 2.27. The van der Waals surface area contributed by atoms with Gasteiger partial charge in [0.15, 0.2) is 0 Å². The van der Waals surface area contributed by atoms with Gasteiger partial charge in [0.1, 0.15) is 5.82 Å². The van der Waals surface area contributed by atoms with Crippen molar-refractivity contribution in [2.75, 3.05) is 26.7 Å². The van der Waals surface area contributed by atoms with Gasteiger partial charge in [-0.1, -0.05) is 11.6 Å². The van der Waals surface area contributed by atoms with Crippen LogP contribution in [0, 0.1) is 11.7 Å². The quantitative estimate of drug-likeness (QED) is 0.925. The van der Waals surface area contributed by atoms with Crippen LogP contribution in [-0.4, -0.2) is 37.5 Å². The Morgan fingerprint density at radius 3 is 2.79 bits per heavy atom. The molecule has 1 amide bonds. The SMILES string of the molecule is CN1CCC(CNC(=O)c2ccc(F)cc2Cl)CC1. The van der Waals surface area contributed by atoms with Crippen molar-refractivity contribution in [3.63, 3.8) is 0 Å². The highest BCUT2D eigenvalue weighted by molar-refractivity contribution is 6.33. The number of rotatable bonds is 3. The number of likely N-dealkylation sites (tertiary alicyclic amines) is 1.